The van der Waals surface area contributed by atoms with Crippen LogP contribution in [0.1, 0.15) is 28.3 Å². The lowest BCUT2D eigenvalue weighted by Crippen LogP contribution is -2.51. The van der Waals surface area contributed by atoms with Crippen LogP contribution in [-0.2, 0) is 9.53 Å². The number of aryl methyl sites for hydroxylation is 2. The normalized spacial score (nSPS) is 19.2. The second kappa shape index (κ2) is 9.67. The predicted octanol–water partition coefficient (Wildman–Crippen LogP) is 3.22. The van der Waals surface area contributed by atoms with Crippen LogP contribution < -0.4 is 15.5 Å². The molecule has 0 spiro atoms. The van der Waals surface area contributed by atoms with Crippen molar-refractivity contribution in [2.45, 2.75) is 26.8 Å². The summed E-state index contributed by atoms with van der Waals surface area (Å²) in [6.07, 6.45) is 0. The SMILES string of the molecule is COC(=O)C1=C(CN2CCN(c3cccc(C)c3C)CC2)NC(=O)N[C@@H]1c1ccc(C)cc1. The zero-order chi connectivity index (χ0) is 23.5. The fourth-order valence-electron chi connectivity index (χ4n) is 4.55. The second-order valence-electron chi connectivity index (χ2n) is 8.81. The fraction of sp³-hybridized carbons (Fsp3) is 0.385. The van der Waals surface area contributed by atoms with E-state index < -0.39 is 12.0 Å². The maximum atomic E-state index is 12.8. The molecule has 1 fully saturated rings. The molecule has 2 aromatic rings. The van der Waals surface area contributed by atoms with Gasteiger partial charge in [-0.2, -0.15) is 0 Å². The van der Waals surface area contributed by atoms with Crippen molar-refractivity contribution in [2.75, 3.05) is 44.7 Å². The Morgan fingerprint density at radius 1 is 1.03 bits per heavy atom. The summed E-state index contributed by atoms with van der Waals surface area (Å²) in [5, 5.41) is 5.76. The molecule has 2 aliphatic heterocycles. The molecule has 4 rings (SSSR count). The third-order valence-electron chi connectivity index (χ3n) is 6.64. The monoisotopic (exact) mass is 448 g/mol. The maximum Gasteiger partial charge on any atom is 0.338 e. The number of esters is 1. The van der Waals surface area contributed by atoms with Gasteiger partial charge in [0.05, 0.1) is 18.7 Å². The van der Waals surface area contributed by atoms with E-state index >= 15 is 0 Å². The molecule has 2 amide bonds. The summed E-state index contributed by atoms with van der Waals surface area (Å²) < 4.78 is 5.10. The van der Waals surface area contributed by atoms with Gasteiger partial charge in [0.2, 0.25) is 0 Å². The third kappa shape index (κ3) is 4.88. The van der Waals surface area contributed by atoms with Crippen LogP contribution in [0.15, 0.2) is 53.7 Å². The number of hydrogen-bond donors (Lipinski definition) is 2. The van der Waals surface area contributed by atoms with Gasteiger partial charge in [-0.1, -0.05) is 42.0 Å². The van der Waals surface area contributed by atoms with Crippen LogP contribution in [0.5, 0.6) is 0 Å². The Morgan fingerprint density at radius 2 is 1.73 bits per heavy atom. The van der Waals surface area contributed by atoms with E-state index in [-0.39, 0.29) is 6.03 Å². The number of nitrogens with zero attached hydrogens (tertiary/aromatic N) is 2. The van der Waals surface area contributed by atoms with Crippen LogP contribution in [0.4, 0.5) is 10.5 Å². The van der Waals surface area contributed by atoms with Crippen LogP contribution >= 0.6 is 0 Å². The first-order chi connectivity index (χ1) is 15.9. The van der Waals surface area contributed by atoms with Crippen LogP contribution in [0.2, 0.25) is 0 Å². The molecule has 7 nitrogen and oxygen atoms in total. The average Bonchev–Trinajstić information content (AvgIpc) is 2.81. The number of methoxy groups -OCH3 is 1. The van der Waals surface area contributed by atoms with Crippen molar-refractivity contribution >= 4 is 17.7 Å². The minimum absolute atomic E-state index is 0.308. The van der Waals surface area contributed by atoms with Crippen molar-refractivity contribution in [3.63, 3.8) is 0 Å². The van der Waals surface area contributed by atoms with Crippen LogP contribution in [-0.4, -0.2) is 56.7 Å². The summed E-state index contributed by atoms with van der Waals surface area (Å²) in [5.41, 5.74) is 6.92. The molecule has 0 aromatic heterocycles. The van der Waals surface area contributed by atoms with Gasteiger partial charge in [0.1, 0.15) is 0 Å². The molecule has 0 saturated carbocycles. The number of hydrogen-bond acceptors (Lipinski definition) is 5. The van der Waals surface area contributed by atoms with Gasteiger partial charge in [0.25, 0.3) is 0 Å². The number of carbonyl (C=O) groups is 2. The molecular formula is C26H32N4O3. The predicted molar refractivity (Wildman–Crippen MR) is 129 cm³/mol. The number of ether oxygens (including phenoxy) is 1. The zero-order valence-corrected chi connectivity index (χ0v) is 19.8. The smallest absolute Gasteiger partial charge is 0.338 e. The Balaban J connectivity index is 1.54. The number of amides is 2. The molecule has 0 unspecified atom stereocenters. The number of anilines is 1. The van der Waals surface area contributed by atoms with E-state index in [1.807, 2.05) is 31.2 Å². The molecule has 2 N–H and O–H groups in total. The van der Waals surface area contributed by atoms with E-state index in [0.29, 0.717) is 17.8 Å². The van der Waals surface area contributed by atoms with Crippen LogP contribution in [0.3, 0.4) is 0 Å². The van der Waals surface area contributed by atoms with E-state index in [9.17, 15) is 9.59 Å². The number of carbonyl (C=O) groups excluding carboxylic acids is 2. The minimum atomic E-state index is -0.543. The third-order valence-corrected chi connectivity index (χ3v) is 6.64. The first-order valence-corrected chi connectivity index (χ1v) is 11.4. The first kappa shape index (κ1) is 22.9. The Hall–Kier alpha value is -3.32. The molecule has 0 bridgehead atoms. The van der Waals surface area contributed by atoms with Crippen LogP contribution in [0.25, 0.3) is 0 Å². The Kier molecular flexibility index (Phi) is 6.70. The molecule has 7 heteroatoms. The quantitative estimate of drug-likeness (QED) is 0.687. The number of piperazine rings is 1. The highest BCUT2D eigenvalue weighted by Gasteiger charge is 2.34. The number of urea groups is 1. The number of benzene rings is 2. The van der Waals surface area contributed by atoms with Gasteiger partial charge < -0.3 is 20.3 Å². The van der Waals surface area contributed by atoms with Gasteiger partial charge >= 0.3 is 12.0 Å². The largest absolute Gasteiger partial charge is 0.466 e. The topological polar surface area (TPSA) is 73.9 Å². The van der Waals surface area contributed by atoms with Crippen molar-refractivity contribution < 1.29 is 14.3 Å². The van der Waals surface area contributed by atoms with E-state index in [0.717, 1.165) is 37.3 Å². The molecule has 2 heterocycles. The minimum Gasteiger partial charge on any atom is -0.466 e. The second-order valence-corrected chi connectivity index (χ2v) is 8.81. The van der Waals surface area contributed by atoms with E-state index in [1.165, 1.54) is 23.9 Å². The highest BCUT2D eigenvalue weighted by atomic mass is 16.5. The van der Waals surface area contributed by atoms with Gasteiger partial charge in [0.15, 0.2) is 0 Å². The molecule has 2 aromatic carbocycles. The van der Waals surface area contributed by atoms with Crippen molar-refractivity contribution in [3.05, 3.63) is 76.0 Å². The molecular weight excluding hydrogens is 416 g/mol. The Bertz CT molecular complexity index is 1070. The maximum absolute atomic E-state index is 12.8. The van der Waals surface area contributed by atoms with Crippen LogP contribution in [0, 0.1) is 20.8 Å². The standard InChI is InChI=1S/C26H32N4O3/c1-17-8-10-20(11-9-17)24-23(25(31)33-4)21(27-26(32)28-24)16-29-12-14-30(15-13-29)22-7-5-6-18(2)19(22)3/h5-11,24H,12-16H2,1-4H3,(H2,27,28,32)/t24-/m1/s1. The highest BCUT2D eigenvalue weighted by Crippen LogP contribution is 2.29. The lowest BCUT2D eigenvalue weighted by Gasteiger charge is -2.38. The molecule has 174 valence electrons. The average molecular weight is 449 g/mol. The van der Waals surface area contributed by atoms with E-state index in [1.54, 1.807) is 0 Å². The summed E-state index contributed by atoms with van der Waals surface area (Å²) >= 11 is 0. The lowest BCUT2D eigenvalue weighted by molar-refractivity contribution is -0.136. The van der Waals surface area contributed by atoms with Gasteiger partial charge in [-0.15, -0.1) is 0 Å². The number of nitrogens with one attached hydrogen (secondary N) is 2. The van der Waals surface area contributed by atoms with E-state index in [2.05, 4.69) is 52.5 Å². The summed E-state index contributed by atoms with van der Waals surface area (Å²) in [5.74, 6) is -0.433. The molecule has 2 aliphatic rings. The molecule has 1 atom stereocenters. The summed E-state index contributed by atoms with van der Waals surface area (Å²) in [6, 6.07) is 13.4. The van der Waals surface area contributed by atoms with Gasteiger partial charge in [0, 0.05) is 44.1 Å². The highest BCUT2D eigenvalue weighted by molar-refractivity contribution is 5.95. The Labute approximate surface area is 195 Å². The molecule has 0 radical (unpaired) electrons. The first-order valence-electron chi connectivity index (χ1n) is 11.4. The molecule has 0 aliphatic carbocycles. The zero-order valence-electron chi connectivity index (χ0n) is 19.8. The van der Waals surface area contributed by atoms with Crippen molar-refractivity contribution in [2.24, 2.45) is 0 Å². The summed E-state index contributed by atoms with van der Waals surface area (Å²) in [6.45, 7) is 10.2. The number of rotatable bonds is 5. The van der Waals surface area contributed by atoms with Gasteiger partial charge in [-0.3, -0.25) is 4.90 Å². The summed E-state index contributed by atoms with van der Waals surface area (Å²) in [7, 11) is 1.37. The van der Waals surface area contributed by atoms with Crippen molar-refractivity contribution in [1.82, 2.24) is 15.5 Å². The van der Waals surface area contributed by atoms with Crippen molar-refractivity contribution in [3.8, 4) is 0 Å². The summed E-state index contributed by atoms with van der Waals surface area (Å²) in [4.78, 5) is 30.0. The lowest BCUT2D eigenvalue weighted by atomic mass is 9.94. The molecule has 1 saturated heterocycles. The fourth-order valence-corrected chi connectivity index (χ4v) is 4.55. The molecule has 33 heavy (non-hydrogen) atoms. The van der Waals surface area contributed by atoms with Crippen molar-refractivity contribution in [1.29, 1.82) is 0 Å². The van der Waals surface area contributed by atoms with Gasteiger partial charge in [-0.25, -0.2) is 9.59 Å². The Morgan fingerprint density at radius 3 is 2.39 bits per heavy atom. The van der Waals surface area contributed by atoms with E-state index in [4.69, 9.17) is 4.74 Å². The van der Waals surface area contributed by atoms with Gasteiger partial charge in [-0.05, 0) is 43.5 Å².